The number of pyridine rings is 1. The van der Waals surface area contributed by atoms with Gasteiger partial charge in [-0.15, -0.1) is 0 Å². The third-order valence-electron chi connectivity index (χ3n) is 6.49. The largest absolute Gasteiger partial charge is 0.433 e. The molecule has 0 aromatic carbocycles. The first-order valence-electron chi connectivity index (χ1n) is 11.1. The number of fused-ring (bicyclic) bond motifs is 1. The number of hydrogen-bond donors (Lipinski definition) is 1. The minimum atomic E-state index is -4.60. The molecule has 1 fully saturated rings. The van der Waals surface area contributed by atoms with Crippen molar-refractivity contribution in [3.63, 3.8) is 0 Å². The van der Waals surface area contributed by atoms with E-state index in [9.17, 15) is 32.0 Å². The Labute approximate surface area is 205 Å². The topological polar surface area (TPSA) is 126 Å². The maximum Gasteiger partial charge on any atom is 0.433 e. The summed E-state index contributed by atoms with van der Waals surface area (Å²) in [6, 6.07) is 4.34. The first-order chi connectivity index (χ1) is 17.6. The fourth-order valence-electron chi connectivity index (χ4n) is 4.37. The molecule has 0 amide bonds. The molecule has 0 saturated heterocycles. The Hall–Kier alpha value is -4.28. The Balaban J connectivity index is 1.55. The zero-order valence-electron chi connectivity index (χ0n) is 19.0. The normalized spacial score (nSPS) is 18.5. The first-order valence-corrected chi connectivity index (χ1v) is 11.1. The molecule has 4 heterocycles. The van der Waals surface area contributed by atoms with E-state index in [0.717, 1.165) is 18.3 Å². The van der Waals surface area contributed by atoms with Crippen LogP contribution in [0.1, 0.15) is 78.4 Å². The summed E-state index contributed by atoms with van der Waals surface area (Å²) >= 11 is 0. The number of rotatable bonds is 5. The van der Waals surface area contributed by atoms with Crippen molar-refractivity contribution in [1.29, 1.82) is 5.26 Å². The molecule has 0 unspecified atom stereocenters. The Morgan fingerprint density at radius 3 is 2.49 bits per heavy atom. The van der Waals surface area contributed by atoms with Crippen LogP contribution in [0.4, 0.5) is 22.0 Å². The molecular formula is C23H17F5N8O. The van der Waals surface area contributed by atoms with E-state index in [1.54, 1.807) is 6.92 Å². The molecular weight excluding hydrogens is 499 g/mol. The molecule has 14 heteroatoms. The lowest BCUT2D eigenvalue weighted by atomic mass is 9.72. The number of H-pyrrole nitrogens is 1. The van der Waals surface area contributed by atoms with Crippen LogP contribution in [0, 0.1) is 11.3 Å². The number of aromatic amines is 1. The summed E-state index contributed by atoms with van der Waals surface area (Å²) in [5, 5.41) is 13.6. The predicted octanol–water partition coefficient (Wildman–Crippen LogP) is 4.40. The lowest BCUT2D eigenvalue weighted by molar-refractivity contribution is -0.141. The van der Waals surface area contributed by atoms with E-state index < -0.39 is 35.6 Å². The highest BCUT2D eigenvalue weighted by molar-refractivity contribution is 5.80. The van der Waals surface area contributed by atoms with Crippen LogP contribution in [-0.4, -0.2) is 34.7 Å². The van der Waals surface area contributed by atoms with Gasteiger partial charge in [-0.25, -0.2) is 28.4 Å². The van der Waals surface area contributed by atoms with E-state index >= 15 is 0 Å². The summed E-state index contributed by atoms with van der Waals surface area (Å²) in [6.07, 6.45) is -3.87. The summed E-state index contributed by atoms with van der Waals surface area (Å²) in [5.74, 6) is -0.264. The summed E-state index contributed by atoms with van der Waals surface area (Å²) in [6.45, 7) is 1.62. The van der Waals surface area contributed by atoms with Crippen LogP contribution >= 0.6 is 0 Å². The molecule has 3 atom stereocenters. The van der Waals surface area contributed by atoms with Crippen molar-refractivity contribution in [2.24, 2.45) is 0 Å². The fourth-order valence-corrected chi connectivity index (χ4v) is 4.37. The van der Waals surface area contributed by atoms with E-state index in [1.807, 2.05) is 6.07 Å². The lowest BCUT2D eigenvalue weighted by Gasteiger charge is -2.34. The van der Waals surface area contributed by atoms with Crippen LogP contribution < -0.4 is 5.56 Å². The maximum absolute atomic E-state index is 13.1. The molecule has 0 spiro atoms. The van der Waals surface area contributed by atoms with Crippen LogP contribution in [0.3, 0.4) is 0 Å². The second kappa shape index (κ2) is 8.99. The van der Waals surface area contributed by atoms with E-state index in [0.29, 0.717) is 18.4 Å². The lowest BCUT2D eigenvalue weighted by Crippen LogP contribution is -2.28. The third-order valence-corrected chi connectivity index (χ3v) is 6.49. The minimum absolute atomic E-state index is 0.0650. The number of aromatic nitrogens is 7. The van der Waals surface area contributed by atoms with Gasteiger partial charge in [-0.3, -0.25) is 9.78 Å². The van der Waals surface area contributed by atoms with Gasteiger partial charge >= 0.3 is 6.18 Å². The number of nitriles is 1. The molecule has 0 aliphatic heterocycles. The van der Waals surface area contributed by atoms with Crippen molar-refractivity contribution < 1.29 is 22.0 Å². The molecule has 1 aliphatic rings. The first kappa shape index (κ1) is 24.4. The van der Waals surface area contributed by atoms with Crippen molar-refractivity contribution in [2.45, 2.75) is 50.2 Å². The molecule has 5 rings (SSSR count). The second-order valence-electron chi connectivity index (χ2n) is 8.64. The molecule has 1 N–H and O–H groups in total. The number of halogens is 5. The molecule has 0 radical (unpaired) electrons. The Kier molecular flexibility index (Phi) is 5.93. The van der Waals surface area contributed by atoms with Gasteiger partial charge in [0.25, 0.3) is 12.0 Å². The molecule has 1 saturated carbocycles. The summed E-state index contributed by atoms with van der Waals surface area (Å²) in [5.41, 5.74) is -1.85. The highest BCUT2D eigenvalue weighted by Crippen LogP contribution is 2.47. The van der Waals surface area contributed by atoms with Crippen molar-refractivity contribution in [2.75, 3.05) is 0 Å². The molecule has 4 aromatic rings. The van der Waals surface area contributed by atoms with Gasteiger partial charge in [-0.1, -0.05) is 6.07 Å². The van der Waals surface area contributed by atoms with Gasteiger partial charge in [0, 0.05) is 24.2 Å². The standard InChI is InChI=1S/C23H17F5N8O/c1-10(11-2-5-16(31-9-11)23(26,27)28)36-21-17(15(8-29)35-36)22(37)34-20(33-21)13-4-3-12(13)19-30-7-6-14(32-19)18(24)25/h2,5-7,9-10,12-13,18H,3-4H2,1H3,(H,33,34,37)/t10-,12+,13+/m0/s1. The predicted molar refractivity (Wildman–Crippen MR) is 118 cm³/mol. The number of nitrogens with one attached hydrogen (secondary N) is 1. The van der Waals surface area contributed by atoms with Crippen LogP contribution in [0.15, 0.2) is 35.4 Å². The summed E-state index contributed by atoms with van der Waals surface area (Å²) < 4.78 is 66.2. The quantitative estimate of drug-likeness (QED) is 0.390. The second-order valence-corrected chi connectivity index (χ2v) is 8.64. The van der Waals surface area contributed by atoms with E-state index in [-0.39, 0.29) is 40.2 Å². The van der Waals surface area contributed by atoms with E-state index in [1.165, 1.54) is 16.9 Å². The third kappa shape index (κ3) is 4.30. The van der Waals surface area contributed by atoms with Gasteiger partial charge in [-0.2, -0.15) is 23.5 Å². The van der Waals surface area contributed by atoms with Crippen molar-refractivity contribution in [1.82, 2.24) is 34.7 Å². The zero-order chi connectivity index (χ0) is 26.5. The average Bonchev–Trinajstić information content (AvgIpc) is 3.22. The minimum Gasteiger partial charge on any atom is -0.310 e. The smallest absolute Gasteiger partial charge is 0.310 e. The Morgan fingerprint density at radius 1 is 1.14 bits per heavy atom. The number of hydrogen-bond acceptors (Lipinski definition) is 7. The van der Waals surface area contributed by atoms with Gasteiger partial charge in [0.1, 0.15) is 34.5 Å². The summed E-state index contributed by atoms with van der Waals surface area (Å²) in [7, 11) is 0. The summed E-state index contributed by atoms with van der Waals surface area (Å²) in [4.78, 5) is 31.7. The van der Waals surface area contributed by atoms with Crippen molar-refractivity contribution in [3.8, 4) is 6.07 Å². The molecule has 190 valence electrons. The fraction of sp³-hybridized carbons (Fsp3) is 0.348. The van der Waals surface area contributed by atoms with Crippen molar-refractivity contribution >= 4 is 11.0 Å². The van der Waals surface area contributed by atoms with Crippen LogP contribution in [0.5, 0.6) is 0 Å². The molecule has 0 bridgehead atoms. The van der Waals surface area contributed by atoms with Gasteiger partial charge in [0.05, 0.1) is 6.04 Å². The monoisotopic (exact) mass is 516 g/mol. The number of alkyl halides is 5. The van der Waals surface area contributed by atoms with Gasteiger partial charge in [0.2, 0.25) is 0 Å². The zero-order valence-corrected chi connectivity index (χ0v) is 19.0. The van der Waals surface area contributed by atoms with Crippen LogP contribution in [0.25, 0.3) is 11.0 Å². The highest BCUT2D eigenvalue weighted by Gasteiger charge is 2.38. The maximum atomic E-state index is 13.1. The van der Waals surface area contributed by atoms with Gasteiger partial charge in [-0.05, 0) is 37.5 Å². The molecule has 4 aromatic heterocycles. The average molecular weight is 516 g/mol. The van der Waals surface area contributed by atoms with Gasteiger partial charge in [0.15, 0.2) is 11.3 Å². The molecule has 1 aliphatic carbocycles. The van der Waals surface area contributed by atoms with Crippen molar-refractivity contribution in [3.05, 3.63) is 75.2 Å². The van der Waals surface area contributed by atoms with E-state index in [4.69, 9.17) is 0 Å². The Bertz CT molecular complexity index is 1570. The van der Waals surface area contributed by atoms with Crippen LogP contribution in [-0.2, 0) is 6.18 Å². The van der Waals surface area contributed by atoms with Gasteiger partial charge < -0.3 is 4.98 Å². The van der Waals surface area contributed by atoms with E-state index in [2.05, 4.69) is 30.0 Å². The number of nitrogens with zero attached hydrogens (tertiary/aromatic N) is 7. The highest BCUT2D eigenvalue weighted by atomic mass is 19.4. The Morgan fingerprint density at radius 2 is 1.89 bits per heavy atom. The van der Waals surface area contributed by atoms with Crippen LogP contribution in [0.2, 0.25) is 0 Å². The SMILES string of the molecule is C[C@@H](c1ccc(C(F)(F)F)nc1)n1nc(C#N)c2c(=O)[nH]c([C@@H]3CC[C@H]3c3nccc(C(F)F)n3)nc21. The molecule has 37 heavy (non-hydrogen) atoms. The molecule has 9 nitrogen and oxygen atoms in total.